The van der Waals surface area contributed by atoms with Crippen LogP contribution in [-0.2, 0) is 0 Å². The van der Waals surface area contributed by atoms with E-state index >= 15 is 0 Å². The fraction of sp³-hybridized carbons (Fsp3) is 0.250. The fourth-order valence-corrected chi connectivity index (χ4v) is 1.56. The average molecular weight is 257 g/mol. The Kier molecular flexibility index (Phi) is 3.02. The molecule has 2 aromatic rings. The Labute approximate surface area is 100 Å². The molecule has 0 saturated carbocycles. The first-order valence-corrected chi connectivity index (χ1v) is 5.23. The van der Waals surface area contributed by atoms with Crippen LogP contribution in [0.3, 0.4) is 0 Å². The van der Waals surface area contributed by atoms with Gasteiger partial charge in [0.2, 0.25) is 0 Å². The minimum Gasteiger partial charge on any atom is -0.480 e. The number of H-pyrrole nitrogens is 1. The van der Waals surface area contributed by atoms with Crippen molar-refractivity contribution in [3.63, 3.8) is 0 Å². The van der Waals surface area contributed by atoms with Crippen LogP contribution >= 0.6 is 0 Å². The minimum absolute atomic E-state index is 0.0702. The number of benzene rings is 1. The van der Waals surface area contributed by atoms with Crippen LogP contribution in [0.4, 0.5) is 13.2 Å². The molecule has 0 aliphatic rings. The van der Waals surface area contributed by atoms with Crippen molar-refractivity contribution < 1.29 is 17.9 Å². The SMILES string of the molecule is CC(Oc1cccc2cc[nH]c(=O)c12)C(F)(F)F. The van der Waals surface area contributed by atoms with E-state index in [-0.39, 0.29) is 11.1 Å². The molecule has 3 nitrogen and oxygen atoms in total. The first-order chi connectivity index (χ1) is 8.39. The zero-order chi connectivity index (χ0) is 13.3. The Morgan fingerprint density at radius 2 is 2.00 bits per heavy atom. The van der Waals surface area contributed by atoms with Crippen LogP contribution in [0.25, 0.3) is 10.8 Å². The van der Waals surface area contributed by atoms with Gasteiger partial charge in [0, 0.05) is 6.20 Å². The average Bonchev–Trinajstić information content (AvgIpc) is 2.28. The molecule has 1 unspecified atom stereocenters. The standard InChI is InChI=1S/C12H10F3NO2/c1-7(12(13,14)15)18-9-4-2-3-8-5-6-16-11(17)10(8)9/h2-7H,1H3,(H,16,17). The summed E-state index contributed by atoms with van der Waals surface area (Å²) in [5.74, 6) is -0.0702. The lowest BCUT2D eigenvalue weighted by Gasteiger charge is -2.18. The van der Waals surface area contributed by atoms with Crippen molar-refractivity contribution >= 4 is 10.8 Å². The number of aromatic amines is 1. The highest BCUT2D eigenvalue weighted by molar-refractivity contribution is 5.87. The van der Waals surface area contributed by atoms with Gasteiger partial charge in [0.1, 0.15) is 5.75 Å². The summed E-state index contributed by atoms with van der Waals surface area (Å²) in [5, 5.41) is 0.654. The Morgan fingerprint density at radius 3 is 2.67 bits per heavy atom. The lowest BCUT2D eigenvalue weighted by molar-refractivity contribution is -0.189. The summed E-state index contributed by atoms with van der Waals surface area (Å²) in [6.07, 6.45) is -5.01. The van der Waals surface area contributed by atoms with Gasteiger partial charge < -0.3 is 9.72 Å². The molecule has 6 heteroatoms. The van der Waals surface area contributed by atoms with Crippen molar-refractivity contribution in [2.45, 2.75) is 19.2 Å². The maximum absolute atomic E-state index is 12.4. The molecular formula is C12H10F3NO2. The number of alkyl halides is 3. The number of fused-ring (bicyclic) bond motifs is 1. The summed E-state index contributed by atoms with van der Waals surface area (Å²) in [5.41, 5.74) is -0.475. The van der Waals surface area contributed by atoms with Crippen molar-refractivity contribution in [2.24, 2.45) is 0 Å². The highest BCUT2D eigenvalue weighted by Gasteiger charge is 2.38. The number of hydrogen-bond acceptors (Lipinski definition) is 2. The molecule has 0 radical (unpaired) electrons. The largest absolute Gasteiger partial charge is 0.480 e. The van der Waals surface area contributed by atoms with Crippen LogP contribution in [0.15, 0.2) is 35.3 Å². The van der Waals surface area contributed by atoms with Crippen LogP contribution in [0, 0.1) is 0 Å². The van der Waals surface area contributed by atoms with Gasteiger partial charge in [-0.15, -0.1) is 0 Å². The van der Waals surface area contributed by atoms with Crippen molar-refractivity contribution in [2.75, 3.05) is 0 Å². The van der Waals surface area contributed by atoms with E-state index in [2.05, 4.69) is 4.98 Å². The summed E-state index contributed by atoms with van der Waals surface area (Å²) >= 11 is 0. The van der Waals surface area contributed by atoms with Crippen molar-refractivity contribution in [3.8, 4) is 5.75 Å². The molecule has 1 heterocycles. The maximum atomic E-state index is 12.4. The normalized spacial score (nSPS) is 13.6. The number of aromatic nitrogens is 1. The third kappa shape index (κ3) is 2.32. The van der Waals surface area contributed by atoms with Crippen LogP contribution in [0.2, 0.25) is 0 Å². The highest BCUT2D eigenvalue weighted by atomic mass is 19.4. The van der Waals surface area contributed by atoms with Crippen LogP contribution in [0.5, 0.6) is 5.75 Å². The highest BCUT2D eigenvalue weighted by Crippen LogP contribution is 2.28. The third-order valence-corrected chi connectivity index (χ3v) is 2.53. The van der Waals surface area contributed by atoms with Gasteiger partial charge in [0.15, 0.2) is 6.10 Å². The van der Waals surface area contributed by atoms with Crippen molar-refractivity contribution in [3.05, 3.63) is 40.8 Å². The van der Waals surface area contributed by atoms with Gasteiger partial charge in [-0.05, 0) is 24.4 Å². The zero-order valence-corrected chi connectivity index (χ0v) is 9.41. The summed E-state index contributed by atoms with van der Waals surface area (Å²) in [4.78, 5) is 14.0. The third-order valence-electron chi connectivity index (χ3n) is 2.53. The van der Waals surface area contributed by atoms with Gasteiger partial charge in [-0.1, -0.05) is 12.1 Å². The van der Waals surface area contributed by atoms with E-state index < -0.39 is 17.8 Å². The summed E-state index contributed by atoms with van der Waals surface area (Å²) in [7, 11) is 0. The van der Waals surface area contributed by atoms with Crippen LogP contribution in [-0.4, -0.2) is 17.3 Å². The number of hydrogen-bond donors (Lipinski definition) is 1. The molecule has 0 spiro atoms. The predicted octanol–water partition coefficient (Wildman–Crippen LogP) is 2.86. The van der Waals surface area contributed by atoms with E-state index in [9.17, 15) is 18.0 Å². The van der Waals surface area contributed by atoms with Gasteiger partial charge in [-0.3, -0.25) is 4.79 Å². The summed E-state index contributed by atoms with van der Waals surface area (Å²) in [6.45, 7) is 0.899. The van der Waals surface area contributed by atoms with E-state index in [1.807, 2.05) is 0 Å². The molecule has 0 saturated heterocycles. The molecule has 1 N–H and O–H groups in total. The van der Waals surface area contributed by atoms with Crippen molar-refractivity contribution in [1.82, 2.24) is 4.98 Å². The molecular weight excluding hydrogens is 247 g/mol. The van der Waals surface area contributed by atoms with E-state index in [1.54, 1.807) is 18.2 Å². The van der Waals surface area contributed by atoms with Gasteiger partial charge in [-0.2, -0.15) is 13.2 Å². The van der Waals surface area contributed by atoms with Gasteiger partial charge in [-0.25, -0.2) is 0 Å². The lowest BCUT2D eigenvalue weighted by atomic mass is 10.1. The molecule has 0 aliphatic carbocycles. The van der Waals surface area contributed by atoms with Crippen molar-refractivity contribution in [1.29, 1.82) is 0 Å². The summed E-state index contributed by atoms with van der Waals surface area (Å²) in [6, 6.07) is 6.12. The van der Waals surface area contributed by atoms with E-state index in [4.69, 9.17) is 4.74 Å². The molecule has 0 bridgehead atoms. The van der Waals surface area contributed by atoms with Gasteiger partial charge in [0.05, 0.1) is 5.39 Å². The monoisotopic (exact) mass is 257 g/mol. The minimum atomic E-state index is -4.47. The Hall–Kier alpha value is -1.98. The molecule has 2 rings (SSSR count). The molecule has 0 amide bonds. The second kappa shape index (κ2) is 4.36. The quantitative estimate of drug-likeness (QED) is 0.898. The second-order valence-electron chi connectivity index (χ2n) is 3.83. The smallest absolute Gasteiger partial charge is 0.425 e. The van der Waals surface area contributed by atoms with E-state index in [0.717, 1.165) is 6.92 Å². The molecule has 1 aromatic carbocycles. The molecule has 1 aromatic heterocycles. The van der Waals surface area contributed by atoms with E-state index in [0.29, 0.717) is 5.39 Å². The van der Waals surface area contributed by atoms with Crippen LogP contribution in [0.1, 0.15) is 6.92 Å². The first kappa shape index (κ1) is 12.5. The molecule has 1 atom stereocenters. The number of pyridine rings is 1. The number of nitrogens with one attached hydrogen (secondary N) is 1. The first-order valence-electron chi connectivity index (χ1n) is 5.23. The van der Waals surface area contributed by atoms with Gasteiger partial charge in [0.25, 0.3) is 5.56 Å². The predicted molar refractivity (Wildman–Crippen MR) is 60.7 cm³/mol. The summed E-state index contributed by atoms with van der Waals surface area (Å²) < 4.78 is 42.1. The molecule has 0 aliphatic heterocycles. The second-order valence-corrected chi connectivity index (χ2v) is 3.83. The topological polar surface area (TPSA) is 42.1 Å². The number of halogens is 3. The number of rotatable bonds is 2. The molecule has 0 fully saturated rings. The Bertz CT molecular complexity index is 613. The lowest BCUT2D eigenvalue weighted by Crippen LogP contribution is -2.31. The Balaban J connectivity index is 2.49. The molecule has 96 valence electrons. The number of ether oxygens (including phenoxy) is 1. The van der Waals surface area contributed by atoms with Crippen LogP contribution < -0.4 is 10.3 Å². The maximum Gasteiger partial charge on any atom is 0.425 e. The molecule has 18 heavy (non-hydrogen) atoms. The van der Waals surface area contributed by atoms with E-state index in [1.165, 1.54) is 12.3 Å². The Morgan fingerprint density at radius 1 is 1.28 bits per heavy atom. The van der Waals surface area contributed by atoms with Gasteiger partial charge >= 0.3 is 6.18 Å². The fourth-order valence-electron chi connectivity index (χ4n) is 1.56. The zero-order valence-electron chi connectivity index (χ0n) is 9.41.